The maximum absolute atomic E-state index is 9.98. The van der Waals surface area contributed by atoms with Gasteiger partial charge in [0.25, 0.3) is 0 Å². The van der Waals surface area contributed by atoms with Crippen molar-refractivity contribution in [3.05, 3.63) is 0 Å². The Morgan fingerprint density at radius 3 is 0.964 bits per heavy atom. The van der Waals surface area contributed by atoms with Gasteiger partial charge >= 0.3 is 37.7 Å². The van der Waals surface area contributed by atoms with Crippen molar-refractivity contribution in [3.8, 4) is 0 Å². The van der Waals surface area contributed by atoms with Crippen LogP contribution in [0.3, 0.4) is 0 Å². The Kier molecular flexibility index (Phi) is 22.1. The molecule has 0 rings (SSSR count). The normalized spacial score (nSPS) is 18.9. The summed E-state index contributed by atoms with van der Waals surface area (Å²) in [5.74, 6) is -3.95. The van der Waals surface area contributed by atoms with Gasteiger partial charge in [0, 0.05) is 0 Å². The summed E-state index contributed by atoms with van der Waals surface area (Å²) in [6.07, 6.45) is -16.2. The van der Waals surface area contributed by atoms with E-state index < -0.39 is 74.0 Å². The predicted molar refractivity (Wildman–Crippen MR) is 81.6 cm³/mol. The number of carboxylic acid groups (broad SMARTS) is 2. The molecule has 0 bridgehead atoms. The first kappa shape index (κ1) is 35.2. The van der Waals surface area contributed by atoms with Crippen LogP contribution in [-0.4, -0.2) is 168 Å². The third-order valence-corrected chi connectivity index (χ3v) is 2.99. The molecular formula is C12H24CaO15. The molecule has 0 amide bonds. The van der Waals surface area contributed by atoms with Gasteiger partial charge in [0.2, 0.25) is 0 Å². The van der Waals surface area contributed by atoms with E-state index in [9.17, 15) is 19.8 Å². The zero-order chi connectivity index (χ0) is 21.2. The Labute approximate surface area is 187 Å². The van der Waals surface area contributed by atoms with Gasteiger partial charge in [-0.25, -0.2) is 0 Å². The molecule has 0 aromatic rings. The van der Waals surface area contributed by atoms with Gasteiger partial charge in [-0.15, -0.1) is 0 Å². The molecule has 16 heteroatoms. The molecule has 0 saturated carbocycles. The summed E-state index contributed by atoms with van der Waals surface area (Å²) in [4.78, 5) is 20.0. The van der Waals surface area contributed by atoms with Crippen molar-refractivity contribution in [2.45, 2.75) is 48.8 Å². The maximum Gasteiger partial charge on any atom is 2.00 e. The molecule has 0 aromatic heterocycles. The molecule has 0 aliphatic heterocycles. The third kappa shape index (κ3) is 12.3. The first-order valence-electron chi connectivity index (χ1n) is 6.91. The summed E-state index contributed by atoms with van der Waals surface area (Å²) in [6, 6.07) is 0. The Hall–Kier alpha value is -0.240. The minimum Gasteiger partial charge on any atom is -0.547 e. The summed E-state index contributed by atoms with van der Waals surface area (Å²) in [6.45, 7) is -1.73. The number of rotatable bonds is 10. The number of aliphatic hydroxyl groups excluding tert-OH is 10. The van der Waals surface area contributed by atoms with Crippen LogP contribution in [0.2, 0.25) is 0 Å². The van der Waals surface area contributed by atoms with E-state index >= 15 is 0 Å². The Balaban J connectivity index is -0.000000192. The number of aliphatic carboxylic acids is 2. The largest absolute Gasteiger partial charge is 2.00 e. The van der Waals surface area contributed by atoms with Crippen LogP contribution in [-0.2, 0) is 9.59 Å². The number of carbonyl (C=O) groups is 2. The number of hydrogen-bond acceptors (Lipinski definition) is 14. The van der Waals surface area contributed by atoms with Crippen molar-refractivity contribution in [1.29, 1.82) is 0 Å². The fourth-order valence-electron chi connectivity index (χ4n) is 1.32. The number of hydrogen-bond donors (Lipinski definition) is 10. The molecular weight excluding hydrogens is 424 g/mol. The molecule has 0 aliphatic carbocycles. The van der Waals surface area contributed by atoms with Crippen LogP contribution in [0.25, 0.3) is 0 Å². The standard InChI is InChI=1S/2C6H12O7.Ca.H2O/c2*7-1-2(8)3(9)4(10)5(11)6(12)13;;/h2*2-5,7-11H,1H2,(H,12,13);;1H2/q;;+2;/p-2/t2*2-,3+,4+,5-;;/m11../s1. The van der Waals surface area contributed by atoms with Gasteiger partial charge in [-0.3, -0.25) is 0 Å². The zero-order valence-corrected chi connectivity index (χ0v) is 16.6. The van der Waals surface area contributed by atoms with E-state index in [2.05, 4.69) is 0 Å². The molecule has 0 fully saturated rings. The quantitative estimate of drug-likeness (QED) is 0.139. The second kappa shape index (κ2) is 17.6. The molecule has 0 unspecified atom stereocenters. The molecule has 0 saturated heterocycles. The van der Waals surface area contributed by atoms with Crippen LogP contribution in [0, 0.1) is 0 Å². The van der Waals surface area contributed by atoms with Gasteiger partial charge in [0.15, 0.2) is 0 Å². The number of aliphatic hydroxyl groups is 10. The Morgan fingerprint density at radius 1 is 0.607 bits per heavy atom. The van der Waals surface area contributed by atoms with Gasteiger partial charge in [0.1, 0.15) is 48.8 Å². The van der Waals surface area contributed by atoms with E-state index in [1.54, 1.807) is 0 Å². The van der Waals surface area contributed by atoms with Gasteiger partial charge in [0.05, 0.1) is 25.2 Å². The van der Waals surface area contributed by atoms with Crippen LogP contribution in [0.4, 0.5) is 0 Å². The molecule has 164 valence electrons. The van der Waals surface area contributed by atoms with Crippen molar-refractivity contribution in [2.75, 3.05) is 13.2 Å². The molecule has 0 aliphatic rings. The van der Waals surface area contributed by atoms with E-state index in [0.717, 1.165) is 0 Å². The van der Waals surface area contributed by atoms with Crippen molar-refractivity contribution in [3.63, 3.8) is 0 Å². The molecule has 0 radical (unpaired) electrons. The summed E-state index contributed by atoms with van der Waals surface area (Å²) < 4.78 is 0. The molecule has 12 N–H and O–H groups in total. The smallest absolute Gasteiger partial charge is 0.547 e. The Bertz CT molecular complexity index is 386. The van der Waals surface area contributed by atoms with Crippen molar-refractivity contribution < 1.29 is 76.3 Å². The van der Waals surface area contributed by atoms with E-state index in [1.165, 1.54) is 0 Å². The zero-order valence-electron chi connectivity index (χ0n) is 14.3. The van der Waals surface area contributed by atoms with Gasteiger partial charge in [-0.05, 0) is 0 Å². The number of carbonyl (C=O) groups excluding carboxylic acids is 2. The molecule has 0 aromatic carbocycles. The molecule has 0 spiro atoms. The van der Waals surface area contributed by atoms with E-state index in [-0.39, 0.29) is 43.2 Å². The van der Waals surface area contributed by atoms with Crippen molar-refractivity contribution >= 4 is 49.7 Å². The Morgan fingerprint density at radius 2 is 0.821 bits per heavy atom. The summed E-state index contributed by atoms with van der Waals surface area (Å²) in [5, 5.41) is 107. The summed E-state index contributed by atoms with van der Waals surface area (Å²) in [7, 11) is 0. The second-order valence-electron chi connectivity index (χ2n) is 4.99. The fourth-order valence-corrected chi connectivity index (χ4v) is 1.32. The van der Waals surface area contributed by atoms with Gasteiger partial charge < -0.3 is 76.3 Å². The van der Waals surface area contributed by atoms with E-state index in [4.69, 9.17) is 51.1 Å². The first-order valence-corrected chi connectivity index (χ1v) is 6.91. The topological polar surface area (TPSA) is 314 Å². The maximum atomic E-state index is 9.98. The van der Waals surface area contributed by atoms with Crippen molar-refractivity contribution in [2.24, 2.45) is 0 Å². The summed E-state index contributed by atoms with van der Waals surface area (Å²) >= 11 is 0. The van der Waals surface area contributed by atoms with E-state index in [0.29, 0.717) is 0 Å². The first-order chi connectivity index (χ1) is 11.8. The minimum absolute atomic E-state index is 0. The third-order valence-electron chi connectivity index (χ3n) is 2.99. The second-order valence-corrected chi connectivity index (χ2v) is 4.99. The average Bonchev–Trinajstić information content (AvgIpc) is 2.62. The molecule has 8 atom stereocenters. The molecule has 15 nitrogen and oxygen atoms in total. The fraction of sp³-hybridized carbons (Fsp3) is 0.833. The monoisotopic (exact) mass is 448 g/mol. The van der Waals surface area contributed by atoms with Crippen LogP contribution in [0.5, 0.6) is 0 Å². The van der Waals surface area contributed by atoms with Crippen LogP contribution < -0.4 is 10.2 Å². The van der Waals surface area contributed by atoms with E-state index in [1.807, 2.05) is 0 Å². The van der Waals surface area contributed by atoms with Crippen LogP contribution in [0.15, 0.2) is 0 Å². The molecule has 28 heavy (non-hydrogen) atoms. The van der Waals surface area contributed by atoms with Crippen LogP contribution in [0.1, 0.15) is 0 Å². The van der Waals surface area contributed by atoms with Crippen LogP contribution >= 0.6 is 0 Å². The minimum atomic E-state index is -2.31. The number of carboxylic acids is 2. The predicted octanol–water partition coefficient (Wildman–Crippen LogP) is -10.9. The summed E-state index contributed by atoms with van der Waals surface area (Å²) in [5.41, 5.74) is 0. The molecule has 0 heterocycles. The van der Waals surface area contributed by atoms with Crippen molar-refractivity contribution in [1.82, 2.24) is 0 Å². The van der Waals surface area contributed by atoms with Gasteiger partial charge in [-0.1, -0.05) is 0 Å². The van der Waals surface area contributed by atoms with Gasteiger partial charge in [-0.2, -0.15) is 0 Å². The average molecular weight is 448 g/mol. The SMILES string of the molecule is O.O=C([O-])[C@H](O)[C@@H](O)[C@@H](O)[C@H](O)CO.O=C([O-])[C@H](O)[C@@H](O)[C@@H](O)[C@H](O)CO.[Ca+2].